The minimum atomic E-state index is 0.850. The van der Waals surface area contributed by atoms with Gasteiger partial charge in [0.05, 0.1) is 0 Å². The van der Waals surface area contributed by atoms with Crippen LogP contribution in [0.15, 0.2) is 115 Å². The van der Waals surface area contributed by atoms with Gasteiger partial charge in [0.15, 0.2) is 0 Å². The van der Waals surface area contributed by atoms with Crippen LogP contribution in [0, 0.1) is 0 Å². The molecule has 0 bridgehead atoms. The molecule has 0 saturated heterocycles. The van der Waals surface area contributed by atoms with Gasteiger partial charge in [0, 0.05) is 0 Å². The third-order valence-electron chi connectivity index (χ3n) is 6.23. The minimum absolute atomic E-state index is 0.850. The normalized spacial score (nSPS) is 11.4. The monoisotopic (exact) mass is 390 g/mol. The number of rotatable bonds is 2. The van der Waals surface area contributed by atoms with E-state index in [1.54, 1.807) is 0 Å². The van der Waals surface area contributed by atoms with Crippen molar-refractivity contribution in [1.82, 2.24) is 0 Å². The van der Waals surface area contributed by atoms with Gasteiger partial charge in [0.25, 0.3) is 0 Å². The molecule has 0 atom stereocenters. The van der Waals surface area contributed by atoms with Crippen molar-refractivity contribution in [2.75, 3.05) is 0 Å². The highest BCUT2D eigenvalue weighted by atomic mass is 14.1. The van der Waals surface area contributed by atoms with Gasteiger partial charge in [-0.2, -0.15) is 0 Å². The van der Waals surface area contributed by atoms with E-state index in [1.165, 1.54) is 43.8 Å². The lowest BCUT2D eigenvalue weighted by atomic mass is 9.81. The fourth-order valence-electron chi connectivity index (χ4n) is 4.67. The predicted octanol–water partition coefficient (Wildman–Crippen LogP) is 7.27. The summed E-state index contributed by atoms with van der Waals surface area (Å²) < 4.78 is 0. The summed E-state index contributed by atoms with van der Waals surface area (Å²) >= 11 is 0. The molecule has 0 saturated carbocycles. The lowest BCUT2D eigenvalue weighted by molar-refractivity contribution is 1.63. The summed E-state index contributed by atoms with van der Waals surface area (Å²) in [5.74, 6) is 0. The van der Waals surface area contributed by atoms with Gasteiger partial charge >= 0.3 is 0 Å². The van der Waals surface area contributed by atoms with Crippen LogP contribution >= 0.6 is 0 Å². The summed E-state index contributed by atoms with van der Waals surface area (Å²) in [4.78, 5) is 0. The largest absolute Gasteiger partial charge is 0.115 e. The molecule has 0 aliphatic rings. The zero-order chi connectivity index (χ0) is 20.8. The van der Waals surface area contributed by atoms with Gasteiger partial charge in [-0.15, -0.1) is 0 Å². The maximum absolute atomic E-state index is 6.55. The van der Waals surface area contributed by atoms with Crippen LogP contribution in [0.5, 0.6) is 0 Å². The highest BCUT2D eigenvalue weighted by Crippen LogP contribution is 2.36. The fraction of sp³-hybridized carbons (Fsp3) is 0. The van der Waals surface area contributed by atoms with E-state index in [4.69, 9.17) is 7.85 Å². The van der Waals surface area contributed by atoms with Crippen LogP contribution in [0.1, 0.15) is 0 Å². The van der Waals surface area contributed by atoms with Gasteiger partial charge in [0.2, 0.25) is 0 Å². The van der Waals surface area contributed by atoms with Gasteiger partial charge in [0.1, 0.15) is 7.85 Å². The van der Waals surface area contributed by atoms with Crippen molar-refractivity contribution in [3.05, 3.63) is 115 Å². The lowest BCUT2D eigenvalue weighted by Gasteiger charge is -2.16. The Labute approximate surface area is 183 Å². The van der Waals surface area contributed by atoms with Gasteiger partial charge in [-0.3, -0.25) is 0 Å². The first-order valence-electron chi connectivity index (χ1n) is 10.6. The molecule has 0 amide bonds. The number of fused-ring (bicyclic) bond motifs is 3. The highest BCUT2D eigenvalue weighted by molar-refractivity contribution is 6.46. The van der Waals surface area contributed by atoms with Crippen LogP contribution in [0.25, 0.3) is 54.6 Å². The second-order valence-corrected chi connectivity index (χ2v) is 8.02. The van der Waals surface area contributed by atoms with Crippen molar-refractivity contribution < 1.29 is 0 Å². The lowest BCUT2D eigenvalue weighted by Crippen LogP contribution is -2.07. The molecule has 0 N–H and O–H groups in total. The van der Waals surface area contributed by atoms with Gasteiger partial charge in [-0.05, 0) is 60.6 Å². The topological polar surface area (TPSA) is 0 Å². The zero-order valence-electron chi connectivity index (χ0n) is 17.0. The van der Waals surface area contributed by atoms with Gasteiger partial charge < -0.3 is 0 Å². The molecule has 2 radical (unpaired) electrons. The van der Waals surface area contributed by atoms with E-state index < -0.39 is 0 Å². The molecule has 0 fully saturated rings. The standard InChI is InChI=1S/C30H19B/c31-30-27-11-5-3-9-25(27)29(26-10-4-6-12-28(26)30)22-16-13-21(14-17-22)24-18-15-20-7-1-2-8-23(20)19-24/h1-19H. The van der Waals surface area contributed by atoms with Crippen molar-refractivity contribution in [2.45, 2.75) is 0 Å². The molecule has 0 unspecified atom stereocenters. The Morgan fingerprint density at radius 3 is 1.52 bits per heavy atom. The zero-order valence-corrected chi connectivity index (χ0v) is 17.0. The van der Waals surface area contributed by atoms with Crippen molar-refractivity contribution in [3.63, 3.8) is 0 Å². The molecular formula is C30H19B. The van der Waals surface area contributed by atoms with Crippen LogP contribution in [0.4, 0.5) is 0 Å². The molecular weight excluding hydrogens is 371 g/mol. The van der Waals surface area contributed by atoms with E-state index in [1.807, 2.05) is 0 Å². The Hall–Kier alpha value is -3.84. The first-order chi connectivity index (χ1) is 15.3. The molecule has 6 rings (SSSR count). The number of hydrogen-bond donors (Lipinski definition) is 0. The third kappa shape index (κ3) is 2.93. The Balaban J connectivity index is 1.54. The Bertz CT molecular complexity index is 1520. The molecule has 6 aromatic rings. The van der Waals surface area contributed by atoms with Crippen LogP contribution < -0.4 is 5.46 Å². The van der Waals surface area contributed by atoms with Crippen LogP contribution in [-0.2, 0) is 0 Å². The average molecular weight is 390 g/mol. The minimum Gasteiger partial charge on any atom is -0.0812 e. The fourth-order valence-corrected chi connectivity index (χ4v) is 4.67. The van der Waals surface area contributed by atoms with E-state index >= 15 is 0 Å². The second kappa shape index (κ2) is 7.14. The van der Waals surface area contributed by atoms with Crippen molar-refractivity contribution >= 4 is 45.6 Å². The van der Waals surface area contributed by atoms with E-state index in [2.05, 4.69) is 115 Å². The number of hydrogen-bond acceptors (Lipinski definition) is 0. The van der Waals surface area contributed by atoms with Gasteiger partial charge in [-0.1, -0.05) is 115 Å². The third-order valence-corrected chi connectivity index (χ3v) is 6.23. The molecule has 1 heteroatoms. The van der Waals surface area contributed by atoms with Crippen LogP contribution in [0.3, 0.4) is 0 Å². The molecule has 31 heavy (non-hydrogen) atoms. The molecule has 0 nitrogen and oxygen atoms in total. The first-order valence-corrected chi connectivity index (χ1v) is 10.6. The molecule has 0 aliphatic heterocycles. The maximum atomic E-state index is 6.55. The Kier molecular flexibility index (Phi) is 4.14. The molecule has 0 spiro atoms. The summed E-state index contributed by atoms with van der Waals surface area (Å²) in [6, 6.07) is 40.9. The maximum Gasteiger partial charge on any atom is 0.115 e. The van der Waals surface area contributed by atoms with E-state index in [0.29, 0.717) is 0 Å². The summed E-state index contributed by atoms with van der Waals surface area (Å²) in [5.41, 5.74) is 5.75. The van der Waals surface area contributed by atoms with Crippen LogP contribution in [0.2, 0.25) is 0 Å². The predicted molar refractivity (Wildman–Crippen MR) is 135 cm³/mol. The molecule has 0 heterocycles. The van der Waals surface area contributed by atoms with Gasteiger partial charge in [-0.25, -0.2) is 0 Å². The molecule has 6 aromatic carbocycles. The van der Waals surface area contributed by atoms with E-state index in [0.717, 1.165) is 16.2 Å². The highest BCUT2D eigenvalue weighted by Gasteiger charge is 2.12. The molecule has 0 aromatic heterocycles. The SMILES string of the molecule is [B]c1c2ccccc2c(-c2ccc(-c3ccc4ccccc4c3)cc2)c2ccccc12. The number of benzene rings is 6. The average Bonchev–Trinajstić information content (AvgIpc) is 2.84. The van der Waals surface area contributed by atoms with Crippen molar-refractivity contribution in [1.29, 1.82) is 0 Å². The van der Waals surface area contributed by atoms with Crippen molar-refractivity contribution in [3.8, 4) is 22.3 Å². The summed E-state index contributed by atoms with van der Waals surface area (Å²) in [6.07, 6.45) is 0. The smallest absolute Gasteiger partial charge is 0.0812 e. The van der Waals surface area contributed by atoms with Crippen molar-refractivity contribution in [2.24, 2.45) is 0 Å². The molecule has 142 valence electrons. The second-order valence-electron chi connectivity index (χ2n) is 8.02. The summed E-state index contributed by atoms with van der Waals surface area (Å²) in [6.45, 7) is 0. The first kappa shape index (κ1) is 18.0. The molecule has 0 aliphatic carbocycles. The van der Waals surface area contributed by atoms with Crippen LogP contribution in [-0.4, -0.2) is 7.85 Å². The Morgan fingerprint density at radius 1 is 0.387 bits per heavy atom. The Morgan fingerprint density at radius 2 is 0.871 bits per heavy atom. The van der Waals surface area contributed by atoms with E-state index in [9.17, 15) is 0 Å². The summed E-state index contributed by atoms with van der Waals surface area (Å²) in [5, 5.41) is 7.13. The quantitative estimate of drug-likeness (QED) is 0.215. The van der Waals surface area contributed by atoms with E-state index in [-0.39, 0.29) is 0 Å². The summed E-state index contributed by atoms with van der Waals surface area (Å²) in [7, 11) is 6.55.